The second-order valence-electron chi connectivity index (χ2n) is 9.99. The normalized spacial score (nSPS) is 17.3. The van der Waals surface area contributed by atoms with E-state index < -0.39 is 32.6 Å². The number of sulfone groups is 1. The van der Waals surface area contributed by atoms with Crippen LogP contribution in [0.2, 0.25) is 0 Å². The van der Waals surface area contributed by atoms with E-state index in [1.807, 2.05) is 17.1 Å². The van der Waals surface area contributed by atoms with Gasteiger partial charge in [0, 0.05) is 42.5 Å². The van der Waals surface area contributed by atoms with E-state index in [9.17, 15) is 22.8 Å². The standard InChI is InChI=1S/C24H32IN7O5S/c1-16-26-14-19-15-31(23(35)32(16)19)30-11-9-29(10-12-30)21(33)20(24(2,3)38(4,36)37)28-22(34)27-18-7-5-17(13-25)6-8-18/h5-8,14,20H,9-13,15H2,1-4H3,(H2,27,28,34)/t20-/m0/s1. The van der Waals surface area contributed by atoms with Gasteiger partial charge in [-0.25, -0.2) is 32.6 Å². The van der Waals surface area contributed by atoms with Crippen LogP contribution in [0.15, 0.2) is 30.5 Å². The first-order chi connectivity index (χ1) is 17.8. The number of aromatic nitrogens is 2. The van der Waals surface area contributed by atoms with Crippen LogP contribution in [0.25, 0.3) is 0 Å². The fourth-order valence-corrected chi connectivity index (χ4v) is 5.58. The van der Waals surface area contributed by atoms with Crippen LogP contribution in [0.1, 0.15) is 30.9 Å². The molecule has 38 heavy (non-hydrogen) atoms. The lowest BCUT2D eigenvalue weighted by Gasteiger charge is -2.41. The second-order valence-corrected chi connectivity index (χ2v) is 13.3. The van der Waals surface area contributed by atoms with Gasteiger partial charge in [0.1, 0.15) is 11.9 Å². The molecular formula is C24H32IN7O5S. The predicted octanol–water partition coefficient (Wildman–Crippen LogP) is 1.98. The van der Waals surface area contributed by atoms with Crippen LogP contribution in [0, 0.1) is 6.92 Å². The Bertz CT molecular complexity index is 1330. The van der Waals surface area contributed by atoms with Crippen molar-refractivity contribution in [2.24, 2.45) is 0 Å². The second kappa shape index (κ2) is 10.8. The van der Waals surface area contributed by atoms with Crippen molar-refractivity contribution in [1.29, 1.82) is 0 Å². The number of alkyl halides is 1. The fraction of sp³-hybridized carbons (Fsp3) is 0.500. The first-order valence-corrected chi connectivity index (χ1v) is 15.6. The molecule has 0 saturated carbocycles. The molecule has 0 radical (unpaired) electrons. The molecule has 2 N–H and O–H groups in total. The smallest absolute Gasteiger partial charge is 0.338 e. The van der Waals surface area contributed by atoms with Gasteiger partial charge in [-0.15, -0.1) is 0 Å². The molecule has 2 aliphatic rings. The molecule has 4 amide bonds. The molecule has 0 bridgehead atoms. The first-order valence-electron chi connectivity index (χ1n) is 12.1. The number of aryl methyl sites for hydroxylation is 1. The Labute approximate surface area is 235 Å². The molecule has 4 rings (SSSR count). The van der Waals surface area contributed by atoms with Gasteiger partial charge in [-0.1, -0.05) is 34.7 Å². The van der Waals surface area contributed by atoms with Crippen molar-refractivity contribution in [2.45, 2.75) is 42.5 Å². The van der Waals surface area contributed by atoms with Crippen LogP contribution in [-0.2, 0) is 25.6 Å². The molecule has 206 valence electrons. The lowest BCUT2D eigenvalue weighted by molar-refractivity contribution is -0.138. The summed E-state index contributed by atoms with van der Waals surface area (Å²) in [5, 5.41) is 8.82. The molecule has 2 aromatic rings. The van der Waals surface area contributed by atoms with Gasteiger partial charge >= 0.3 is 12.1 Å². The number of piperazine rings is 1. The van der Waals surface area contributed by atoms with Crippen LogP contribution < -0.4 is 10.6 Å². The summed E-state index contributed by atoms with van der Waals surface area (Å²) in [5.74, 6) is 0.131. The van der Waals surface area contributed by atoms with Crippen molar-refractivity contribution < 1.29 is 22.8 Å². The molecule has 1 aromatic carbocycles. The quantitative estimate of drug-likeness (QED) is 0.344. The topological polar surface area (TPSA) is 137 Å². The van der Waals surface area contributed by atoms with Gasteiger partial charge < -0.3 is 15.5 Å². The van der Waals surface area contributed by atoms with E-state index in [2.05, 4.69) is 38.2 Å². The number of anilines is 1. The van der Waals surface area contributed by atoms with Crippen molar-refractivity contribution in [2.75, 3.05) is 37.8 Å². The highest BCUT2D eigenvalue weighted by atomic mass is 127. The Kier molecular flexibility index (Phi) is 8.04. The highest BCUT2D eigenvalue weighted by molar-refractivity contribution is 14.1. The summed E-state index contributed by atoms with van der Waals surface area (Å²) in [6.45, 7) is 6.35. The summed E-state index contributed by atoms with van der Waals surface area (Å²) in [4.78, 5) is 45.1. The maximum Gasteiger partial charge on any atom is 0.344 e. The number of fused-ring (bicyclic) bond motifs is 1. The number of nitrogens with one attached hydrogen (secondary N) is 2. The van der Waals surface area contributed by atoms with E-state index in [-0.39, 0.29) is 19.1 Å². The molecular weight excluding hydrogens is 625 g/mol. The van der Waals surface area contributed by atoms with E-state index in [1.165, 1.54) is 18.7 Å². The number of carbonyl (C=O) groups is 3. The summed E-state index contributed by atoms with van der Waals surface area (Å²) in [6.07, 6.45) is 2.73. The Morgan fingerprint density at radius 3 is 2.32 bits per heavy atom. The number of amides is 4. The molecule has 14 heteroatoms. The monoisotopic (exact) mass is 657 g/mol. The van der Waals surface area contributed by atoms with Gasteiger partial charge in [0.2, 0.25) is 5.91 Å². The Balaban J connectivity index is 1.44. The van der Waals surface area contributed by atoms with Crippen molar-refractivity contribution >= 4 is 56.1 Å². The molecule has 0 spiro atoms. The lowest BCUT2D eigenvalue weighted by Crippen LogP contribution is -2.64. The number of imidazole rings is 1. The van der Waals surface area contributed by atoms with Crippen molar-refractivity contribution in [3.05, 3.63) is 47.5 Å². The summed E-state index contributed by atoms with van der Waals surface area (Å²) in [6, 6.07) is 5.08. The maximum atomic E-state index is 13.6. The lowest BCUT2D eigenvalue weighted by atomic mass is 10.0. The molecule has 0 aliphatic carbocycles. The number of carbonyl (C=O) groups excluding carboxylic acids is 3. The van der Waals surface area contributed by atoms with Crippen LogP contribution in [-0.4, -0.2) is 94.1 Å². The molecule has 1 atom stereocenters. The third-order valence-electron chi connectivity index (χ3n) is 7.18. The Morgan fingerprint density at radius 2 is 1.76 bits per heavy atom. The number of urea groups is 1. The number of hydrazine groups is 1. The predicted molar refractivity (Wildman–Crippen MR) is 150 cm³/mol. The van der Waals surface area contributed by atoms with E-state index in [0.717, 1.165) is 21.9 Å². The SMILES string of the molecule is Cc1ncc2n1C(=O)N(N1CCN(C(=O)[C@H](NC(=O)Nc3ccc(CI)cc3)C(C)(C)S(C)(=O)=O)CC1)C2. The Hall–Kier alpha value is -2.72. The largest absolute Gasteiger partial charge is 0.344 e. The zero-order valence-electron chi connectivity index (χ0n) is 21.8. The van der Waals surface area contributed by atoms with Crippen LogP contribution >= 0.6 is 22.6 Å². The van der Waals surface area contributed by atoms with Gasteiger partial charge in [-0.3, -0.25) is 9.80 Å². The van der Waals surface area contributed by atoms with E-state index in [0.29, 0.717) is 31.1 Å². The molecule has 12 nitrogen and oxygen atoms in total. The van der Waals surface area contributed by atoms with Crippen molar-refractivity contribution in [3.63, 3.8) is 0 Å². The van der Waals surface area contributed by atoms with Gasteiger partial charge in [0.05, 0.1) is 23.2 Å². The average Bonchev–Trinajstić information content (AvgIpc) is 3.41. The minimum absolute atomic E-state index is 0.185. The summed E-state index contributed by atoms with van der Waals surface area (Å²) in [7, 11) is -3.74. The number of hydrogen-bond donors (Lipinski definition) is 2. The molecule has 1 saturated heterocycles. The van der Waals surface area contributed by atoms with Gasteiger partial charge in [-0.05, 0) is 38.5 Å². The summed E-state index contributed by atoms with van der Waals surface area (Å²) in [5.41, 5.74) is 2.43. The molecule has 0 unspecified atom stereocenters. The molecule has 1 aromatic heterocycles. The van der Waals surface area contributed by atoms with Gasteiger partial charge in [-0.2, -0.15) is 0 Å². The molecule has 1 fully saturated rings. The zero-order chi connectivity index (χ0) is 27.8. The summed E-state index contributed by atoms with van der Waals surface area (Å²) >= 11 is 2.24. The van der Waals surface area contributed by atoms with E-state index in [1.54, 1.807) is 34.8 Å². The zero-order valence-corrected chi connectivity index (χ0v) is 24.7. The highest BCUT2D eigenvalue weighted by Crippen LogP contribution is 2.25. The van der Waals surface area contributed by atoms with Gasteiger partial charge in [0.15, 0.2) is 9.84 Å². The molecule has 2 aliphatic heterocycles. The Morgan fingerprint density at radius 1 is 1.13 bits per heavy atom. The number of hydrogen-bond acceptors (Lipinski definition) is 7. The number of halogens is 1. The van der Waals surface area contributed by atoms with Crippen LogP contribution in [0.5, 0.6) is 0 Å². The minimum atomic E-state index is -3.74. The molecule has 3 heterocycles. The minimum Gasteiger partial charge on any atom is -0.338 e. The highest BCUT2D eigenvalue weighted by Gasteiger charge is 2.46. The van der Waals surface area contributed by atoms with Crippen LogP contribution in [0.4, 0.5) is 15.3 Å². The maximum absolute atomic E-state index is 13.6. The van der Waals surface area contributed by atoms with E-state index >= 15 is 0 Å². The third-order valence-corrected chi connectivity index (χ3v) is 10.2. The number of benzene rings is 1. The third kappa shape index (κ3) is 5.52. The average molecular weight is 658 g/mol. The van der Waals surface area contributed by atoms with Crippen molar-refractivity contribution in [3.8, 4) is 0 Å². The van der Waals surface area contributed by atoms with Crippen molar-refractivity contribution in [1.82, 2.24) is 29.8 Å². The number of rotatable bonds is 7. The summed E-state index contributed by atoms with van der Waals surface area (Å²) < 4.78 is 26.2. The fourth-order valence-electron chi connectivity index (χ4n) is 4.48. The number of nitrogens with zero attached hydrogens (tertiary/aromatic N) is 5. The first kappa shape index (κ1) is 28.3. The van der Waals surface area contributed by atoms with Crippen LogP contribution in [0.3, 0.4) is 0 Å². The van der Waals surface area contributed by atoms with Gasteiger partial charge in [0.25, 0.3) is 0 Å². The van der Waals surface area contributed by atoms with E-state index in [4.69, 9.17) is 0 Å².